The van der Waals surface area contributed by atoms with Crippen molar-refractivity contribution in [2.75, 3.05) is 0 Å². The minimum Gasteiger partial charge on any atom is -0.480 e. The standard InChI is InChI=1S/C22H28N2O5/c1-13-7-9-16(10-8-13)21-24-19(15(3)29-21)12-28-18-6-4-5-17(11-18)20(25)23-14(2)22(26)27/h7-10,14,17-18H,4-6,11-12H2,1-3H3,(H,23,25)(H,26,27)/t14-,17?,18?/m0/s1. The van der Waals surface area contributed by atoms with Gasteiger partial charge < -0.3 is 19.6 Å². The highest BCUT2D eigenvalue weighted by Gasteiger charge is 2.29. The predicted octanol–water partition coefficient (Wildman–Crippen LogP) is 3.62. The van der Waals surface area contributed by atoms with E-state index in [-0.39, 0.29) is 17.9 Å². The van der Waals surface area contributed by atoms with Crippen molar-refractivity contribution in [1.29, 1.82) is 0 Å². The van der Waals surface area contributed by atoms with Crippen LogP contribution in [0.1, 0.15) is 49.6 Å². The number of benzene rings is 1. The van der Waals surface area contributed by atoms with Gasteiger partial charge in [-0.25, -0.2) is 4.98 Å². The van der Waals surface area contributed by atoms with Crippen molar-refractivity contribution in [3.8, 4) is 11.5 Å². The van der Waals surface area contributed by atoms with Crippen molar-refractivity contribution < 1.29 is 23.8 Å². The van der Waals surface area contributed by atoms with Crippen LogP contribution in [0.2, 0.25) is 0 Å². The van der Waals surface area contributed by atoms with Gasteiger partial charge >= 0.3 is 5.97 Å². The van der Waals surface area contributed by atoms with E-state index in [1.807, 2.05) is 38.1 Å². The molecule has 1 amide bonds. The summed E-state index contributed by atoms with van der Waals surface area (Å²) in [6, 6.07) is 7.11. The molecule has 0 aliphatic heterocycles. The van der Waals surface area contributed by atoms with Gasteiger partial charge in [-0.05, 0) is 52.2 Å². The number of ether oxygens (including phenoxy) is 1. The van der Waals surface area contributed by atoms with Gasteiger partial charge in [0, 0.05) is 11.5 Å². The Hall–Kier alpha value is -2.67. The number of rotatable bonds is 7. The zero-order valence-corrected chi connectivity index (χ0v) is 17.1. The summed E-state index contributed by atoms with van der Waals surface area (Å²) >= 11 is 0. The largest absolute Gasteiger partial charge is 0.480 e. The lowest BCUT2D eigenvalue weighted by molar-refractivity contribution is -0.142. The molecule has 0 saturated heterocycles. The number of aliphatic carboxylic acids is 1. The molecule has 7 heteroatoms. The second kappa shape index (κ2) is 9.22. The van der Waals surface area contributed by atoms with Crippen molar-refractivity contribution in [3.05, 3.63) is 41.3 Å². The summed E-state index contributed by atoms with van der Waals surface area (Å²) in [6.45, 7) is 5.69. The molecule has 1 aliphatic rings. The third-order valence-corrected chi connectivity index (χ3v) is 5.37. The van der Waals surface area contributed by atoms with Crippen LogP contribution in [0, 0.1) is 19.8 Å². The lowest BCUT2D eigenvalue weighted by Gasteiger charge is -2.28. The van der Waals surface area contributed by atoms with Crippen molar-refractivity contribution in [3.63, 3.8) is 0 Å². The smallest absolute Gasteiger partial charge is 0.325 e. The highest BCUT2D eigenvalue weighted by Crippen LogP contribution is 2.28. The number of carbonyl (C=O) groups is 2. The fraction of sp³-hybridized carbons (Fsp3) is 0.500. The number of amides is 1. The van der Waals surface area contributed by atoms with Gasteiger partial charge in [-0.3, -0.25) is 9.59 Å². The third-order valence-electron chi connectivity index (χ3n) is 5.37. The summed E-state index contributed by atoms with van der Waals surface area (Å²) in [5.41, 5.74) is 2.85. The molecule has 1 aliphatic carbocycles. The molecule has 2 aromatic rings. The summed E-state index contributed by atoms with van der Waals surface area (Å²) < 4.78 is 11.8. The molecule has 0 radical (unpaired) electrons. The number of aryl methyl sites for hydroxylation is 2. The molecule has 1 saturated carbocycles. The van der Waals surface area contributed by atoms with Crippen LogP contribution in [-0.2, 0) is 20.9 Å². The molecule has 3 rings (SSSR count). The van der Waals surface area contributed by atoms with Crippen molar-refractivity contribution in [2.24, 2.45) is 5.92 Å². The molecule has 2 unspecified atom stereocenters. The Morgan fingerprint density at radius 3 is 2.69 bits per heavy atom. The van der Waals surface area contributed by atoms with Crippen LogP contribution in [0.25, 0.3) is 11.5 Å². The molecule has 3 atom stereocenters. The van der Waals surface area contributed by atoms with Gasteiger partial charge in [0.05, 0.1) is 12.7 Å². The number of carbonyl (C=O) groups excluding carboxylic acids is 1. The van der Waals surface area contributed by atoms with Crippen LogP contribution in [0.15, 0.2) is 28.7 Å². The van der Waals surface area contributed by atoms with Crippen molar-refractivity contribution in [2.45, 2.75) is 65.2 Å². The molecule has 2 N–H and O–H groups in total. The highest BCUT2D eigenvalue weighted by molar-refractivity contribution is 5.84. The number of nitrogens with one attached hydrogen (secondary N) is 1. The van der Waals surface area contributed by atoms with E-state index in [1.54, 1.807) is 0 Å². The molecule has 29 heavy (non-hydrogen) atoms. The van der Waals surface area contributed by atoms with E-state index >= 15 is 0 Å². The second-order valence-corrected chi connectivity index (χ2v) is 7.75. The molecule has 0 spiro atoms. The monoisotopic (exact) mass is 400 g/mol. The molecule has 1 aromatic heterocycles. The van der Waals surface area contributed by atoms with E-state index in [0.717, 1.165) is 36.3 Å². The number of nitrogens with zero attached hydrogens (tertiary/aromatic N) is 1. The fourth-order valence-corrected chi connectivity index (χ4v) is 3.51. The maximum absolute atomic E-state index is 12.3. The van der Waals surface area contributed by atoms with Crippen molar-refractivity contribution >= 4 is 11.9 Å². The summed E-state index contributed by atoms with van der Waals surface area (Å²) in [6.07, 6.45) is 3.02. The summed E-state index contributed by atoms with van der Waals surface area (Å²) in [4.78, 5) is 27.8. The van der Waals surface area contributed by atoms with Crippen molar-refractivity contribution in [1.82, 2.24) is 10.3 Å². The lowest BCUT2D eigenvalue weighted by atomic mass is 9.86. The Morgan fingerprint density at radius 2 is 2.00 bits per heavy atom. The highest BCUT2D eigenvalue weighted by atomic mass is 16.5. The van der Waals surface area contributed by atoms with Gasteiger partial charge in [0.1, 0.15) is 17.5 Å². The van der Waals surface area contributed by atoms with E-state index in [1.165, 1.54) is 12.5 Å². The first kappa shape index (κ1) is 21.0. The average Bonchev–Trinajstić information content (AvgIpc) is 3.07. The topological polar surface area (TPSA) is 102 Å². The van der Waals surface area contributed by atoms with E-state index in [9.17, 15) is 9.59 Å². The molecule has 156 valence electrons. The SMILES string of the molecule is Cc1ccc(-c2nc(COC3CCCC(C(=O)N[C@@H](C)C(=O)O)C3)c(C)o2)cc1. The first-order valence-electron chi connectivity index (χ1n) is 10.0. The molecule has 1 fully saturated rings. The van der Waals surface area contributed by atoms with Crippen LogP contribution in [0.3, 0.4) is 0 Å². The fourth-order valence-electron chi connectivity index (χ4n) is 3.51. The predicted molar refractivity (Wildman–Crippen MR) is 107 cm³/mol. The van der Waals surface area contributed by atoms with Gasteiger partial charge in [-0.1, -0.05) is 24.1 Å². The lowest BCUT2D eigenvalue weighted by Crippen LogP contribution is -2.43. The maximum Gasteiger partial charge on any atom is 0.325 e. The number of carboxylic acids is 1. The van der Waals surface area contributed by atoms with Gasteiger partial charge in [-0.15, -0.1) is 0 Å². The van der Waals surface area contributed by atoms with Gasteiger partial charge in [-0.2, -0.15) is 0 Å². The van der Waals surface area contributed by atoms with E-state index in [0.29, 0.717) is 18.9 Å². The number of hydrogen-bond acceptors (Lipinski definition) is 5. The maximum atomic E-state index is 12.3. The Balaban J connectivity index is 1.56. The first-order chi connectivity index (χ1) is 13.8. The third kappa shape index (κ3) is 5.44. The summed E-state index contributed by atoms with van der Waals surface area (Å²) in [7, 11) is 0. The molecule has 7 nitrogen and oxygen atoms in total. The Morgan fingerprint density at radius 1 is 1.28 bits per heavy atom. The zero-order chi connectivity index (χ0) is 21.0. The molecular formula is C22H28N2O5. The number of aromatic nitrogens is 1. The first-order valence-corrected chi connectivity index (χ1v) is 10.0. The Labute approximate surface area is 170 Å². The molecule has 1 heterocycles. The van der Waals surface area contributed by atoms with Crippen LogP contribution in [0.5, 0.6) is 0 Å². The quantitative estimate of drug-likeness (QED) is 0.736. The average molecular weight is 400 g/mol. The number of oxazole rings is 1. The van der Waals surface area contributed by atoms with Gasteiger partial charge in [0.25, 0.3) is 0 Å². The van der Waals surface area contributed by atoms with E-state index in [2.05, 4.69) is 10.3 Å². The normalized spacial score (nSPS) is 20.2. The minimum absolute atomic E-state index is 0.0569. The Kier molecular flexibility index (Phi) is 6.69. The van der Waals surface area contributed by atoms with Gasteiger partial charge in [0.2, 0.25) is 11.8 Å². The molecule has 0 bridgehead atoms. The zero-order valence-electron chi connectivity index (χ0n) is 17.1. The van der Waals surface area contributed by atoms with Crippen LogP contribution < -0.4 is 5.32 Å². The Bertz CT molecular complexity index is 859. The van der Waals surface area contributed by atoms with Crippen LogP contribution >= 0.6 is 0 Å². The van der Waals surface area contributed by atoms with E-state index < -0.39 is 12.0 Å². The number of hydrogen-bond donors (Lipinski definition) is 2. The van der Waals surface area contributed by atoms with E-state index in [4.69, 9.17) is 14.3 Å². The molecule has 1 aromatic carbocycles. The van der Waals surface area contributed by atoms with Crippen LogP contribution in [0.4, 0.5) is 0 Å². The summed E-state index contributed by atoms with van der Waals surface area (Å²) in [5, 5.41) is 11.5. The van der Waals surface area contributed by atoms with Gasteiger partial charge in [0.15, 0.2) is 0 Å². The number of carboxylic acid groups (broad SMARTS) is 1. The molecular weight excluding hydrogens is 372 g/mol. The second-order valence-electron chi connectivity index (χ2n) is 7.75. The minimum atomic E-state index is -1.03. The summed E-state index contributed by atoms with van der Waals surface area (Å²) in [5.74, 6) is -0.178. The van der Waals surface area contributed by atoms with Crippen LogP contribution in [-0.4, -0.2) is 34.1 Å².